The highest BCUT2D eigenvalue weighted by Crippen LogP contribution is 2.24. The maximum Gasteiger partial charge on any atom is 0.242 e. The van der Waals surface area contributed by atoms with Crippen LogP contribution >= 0.6 is 0 Å². The summed E-state index contributed by atoms with van der Waals surface area (Å²) in [6.45, 7) is 5.45. The fourth-order valence-corrected chi connectivity index (χ4v) is 2.31. The first-order chi connectivity index (χ1) is 7.94. The lowest BCUT2D eigenvalue weighted by atomic mass is 9.88. The molecule has 0 saturated carbocycles. The molecule has 4 heteroatoms. The summed E-state index contributed by atoms with van der Waals surface area (Å²) < 4.78 is 0. The second kappa shape index (κ2) is 5.50. The number of carbonyl (C=O) groups is 1. The first kappa shape index (κ1) is 14.0. The Morgan fingerprint density at radius 1 is 1.65 bits per heavy atom. The Kier molecular flexibility index (Phi) is 4.53. The van der Waals surface area contributed by atoms with Crippen molar-refractivity contribution in [3.63, 3.8) is 0 Å². The Bertz CT molecular complexity index is 323. The fourth-order valence-electron chi connectivity index (χ4n) is 2.31. The molecule has 2 atom stereocenters. The molecule has 1 aliphatic rings. The molecule has 96 valence electrons. The summed E-state index contributed by atoms with van der Waals surface area (Å²) in [5.74, 6) is -0.0530. The van der Waals surface area contributed by atoms with E-state index in [2.05, 4.69) is 18.0 Å². The molecular weight excluding hydrogens is 214 g/mol. The standard InChI is InChI=1S/C13H23N3O/c1-5-13(2,10-14)12(17)16(4)9-11-7-6-8-15(11)3/h11H,5-9H2,1-4H3. The lowest BCUT2D eigenvalue weighted by molar-refractivity contribution is -0.137. The van der Waals surface area contributed by atoms with Gasteiger partial charge in [-0.2, -0.15) is 5.26 Å². The minimum absolute atomic E-state index is 0.0530. The van der Waals surface area contributed by atoms with Crippen LogP contribution in [0.4, 0.5) is 0 Å². The van der Waals surface area contributed by atoms with Crippen LogP contribution in [0.1, 0.15) is 33.1 Å². The molecule has 0 radical (unpaired) electrons. The monoisotopic (exact) mass is 237 g/mol. The van der Waals surface area contributed by atoms with Gasteiger partial charge in [0.2, 0.25) is 5.91 Å². The second-order valence-electron chi connectivity index (χ2n) is 5.26. The van der Waals surface area contributed by atoms with Gasteiger partial charge < -0.3 is 9.80 Å². The lowest BCUT2D eigenvalue weighted by Gasteiger charge is -2.30. The number of rotatable bonds is 4. The Morgan fingerprint density at radius 3 is 2.71 bits per heavy atom. The number of hydrogen-bond donors (Lipinski definition) is 0. The van der Waals surface area contributed by atoms with E-state index in [9.17, 15) is 4.79 Å². The highest BCUT2D eigenvalue weighted by atomic mass is 16.2. The maximum absolute atomic E-state index is 12.2. The van der Waals surface area contributed by atoms with Crippen molar-refractivity contribution >= 4 is 5.91 Å². The molecule has 0 spiro atoms. The van der Waals surface area contributed by atoms with Crippen LogP contribution in [0, 0.1) is 16.7 Å². The first-order valence-corrected chi connectivity index (χ1v) is 6.31. The zero-order valence-corrected chi connectivity index (χ0v) is 11.4. The van der Waals surface area contributed by atoms with Crippen LogP contribution in [-0.4, -0.2) is 48.9 Å². The van der Waals surface area contributed by atoms with Crippen LogP contribution in [0.5, 0.6) is 0 Å². The third-order valence-electron chi connectivity index (χ3n) is 3.93. The molecule has 17 heavy (non-hydrogen) atoms. The van der Waals surface area contributed by atoms with Gasteiger partial charge in [-0.15, -0.1) is 0 Å². The fraction of sp³-hybridized carbons (Fsp3) is 0.846. The quantitative estimate of drug-likeness (QED) is 0.744. The van der Waals surface area contributed by atoms with Gasteiger partial charge in [-0.1, -0.05) is 6.92 Å². The number of likely N-dealkylation sites (tertiary alicyclic amines) is 1. The predicted octanol–water partition coefficient (Wildman–Crippen LogP) is 1.48. The van der Waals surface area contributed by atoms with E-state index < -0.39 is 5.41 Å². The first-order valence-electron chi connectivity index (χ1n) is 6.31. The molecule has 0 aliphatic carbocycles. The molecule has 1 saturated heterocycles. The van der Waals surface area contributed by atoms with Crippen LogP contribution in [0.15, 0.2) is 0 Å². The normalized spacial score (nSPS) is 24.1. The molecule has 0 aromatic carbocycles. The van der Waals surface area contributed by atoms with Crippen LogP contribution in [-0.2, 0) is 4.79 Å². The van der Waals surface area contributed by atoms with E-state index >= 15 is 0 Å². The third-order valence-corrected chi connectivity index (χ3v) is 3.93. The van der Waals surface area contributed by atoms with Crippen molar-refractivity contribution in [3.8, 4) is 6.07 Å². The third kappa shape index (κ3) is 2.98. The largest absolute Gasteiger partial charge is 0.343 e. The van der Waals surface area contributed by atoms with E-state index in [1.54, 1.807) is 18.9 Å². The van der Waals surface area contributed by atoms with Gasteiger partial charge in [-0.3, -0.25) is 4.79 Å². The van der Waals surface area contributed by atoms with Crippen LogP contribution < -0.4 is 0 Å². The zero-order valence-electron chi connectivity index (χ0n) is 11.4. The van der Waals surface area contributed by atoms with Crippen LogP contribution in [0.2, 0.25) is 0 Å². The lowest BCUT2D eigenvalue weighted by Crippen LogP contribution is -2.45. The molecule has 1 amide bonds. The molecule has 4 nitrogen and oxygen atoms in total. The molecule has 1 heterocycles. The van der Waals surface area contributed by atoms with Gasteiger partial charge in [0.1, 0.15) is 5.41 Å². The van der Waals surface area contributed by atoms with Crippen molar-refractivity contribution in [2.24, 2.45) is 5.41 Å². The smallest absolute Gasteiger partial charge is 0.242 e. The minimum Gasteiger partial charge on any atom is -0.343 e. The highest BCUT2D eigenvalue weighted by molar-refractivity contribution is 5.84. The number of carbonyl (C=O) groups excluding carboxylic acids is 1. The van der Waals surface area contributed by atoms with Crippen molar-refractivity contribution < 1.29 is 4.79 Å². The molecule has 1 rings (SSSR count). The van der Waals surface area contributed by atoms with Gasteiger partial charge in [0.05, 0.1) is 6.07 Å². The van der Waals surface area contributed by atoms with Gasteiger partial charge in [0.15, 0.2) is 0 Å². The van der Waals surface area contributed by atoms with Crippen molar-refractivity contribution in [2.75, 3.05) is 27.2 Å². The molecular formula is C13H23N3O. The average Bonchev–Trinajstić information content (AvgIpc) is 2.73. The Labute approximate surface area is 104 Å². The molecule has 0 aromatic heterocycles. The molecule has 2 unspecified atom stereocenters. The molecule has 1 fully saturated rings. The second-order valence-corrected chi connectivity index (χ2v) is 5.26. The van der Waals surface area contributed by atoms with Crippen molar-refractivity contribution in [1.29, 1.82) is 5.26 Å². The Hall–Kier alpha value is -1.08. The minimum atomic E-state index is -0.869. The molecule has 0 N–H and O–H groups in total. The summed E-state index contributed by atoms with van der Waals surface area (Å²) in [5.41, 5.74) is -0.869. The van der Waals surface area contributed by atoms with Gasteiger partial charge in [0, 0.05) is 19.6 Å². The maximum atomic E-state index is 12.2. The van der Waals surface area contributed by atoms with Crippen molar-refractivity contribution in [3.05, 3.63) is 0 Å². The van der Waals surface area contributed by atoms with Gasteiger partial charge in [-0.05, 0) is 39.8 Å². The number of amides is 1. The zero-order chi connectivity index (χ0) is 13.1. The van der Waals surface area contributed by atoms with E-state index in [-0.39, 0.29) is 5.91 Å². The van der Waals surface area contributed by atoms with E-state index in [4.69, 9.17) is 5.26 Å². The average molecular weight is 237 g/mol. The van der Waals surface area contributed by atoms with Crippen LogP contribution in [0.25, 0.3) is 0 Å². The number of likely N-dealkylation sites (N-methyl/N-ethyl adjacent to an activating group) is 2. The molecule has 0 bridgehead atoms. The summed E-state index contributed by atoms with van der Waals surface area (Å²) in [6.07, 6.45) is 2.91. The van der Waals surface area contributed by atoms with Crippen LogP contribution in [0.3, 0.4) is 0 Å². The summed E-state index contributed by atoms with van der Waals surface area (Å²) in [4.78, 5) is 16.2. The summed E-state index contributed by atoms with van der Waals surface area (Å²) in [7, 11) is 3.90. The number of hydrogen-bond acceptors (Lipinski definition) is 3. The Morgan fingerprint density at radius 2 is 2.29 bits per heavy atom. The topological polar surface area (TPSA) is 47.3 Å². The summed E-state index contributed by atoms with van der Waals surface area (Å²) >= 11 is 0. The molecule has 0 aromatic rings. The molecule has 1 aliphatic heterocycles. The van der Waals surface area contributed by atoms with Gasteiger partial charge >= 0.3 is 0 Å². The number of nitriles is 1. The van der Waals surface area contributed by atoms with Gasteiger partial charge in [-0.25, -0.2) is 0 Å². The SMILES string of the molecule is CCC(C)(C#N)C(=O)N(C)CC1CCCN1C. The van der Waals surface area contributed by atoms with Crippen molar-refractivity contribution in [2.45, 2.75) is 39.2 Å². The van der Waals surface area contributed by atoms with E-state index in [0.717, 1.165) is 19.5 Å². The van der Waals surface area contributed by atoms with Gasteiger partial charge in [0.25, 0.3) is 0 Å². The van der Waals surface area contributed by atoms with Crippen molar-refractivity contribution in [1.82, 2.24) is 9.80 Å². The Balaban J connectivity index is 2.61. The summed E-state index contributed by atoms with van der Waals surface area (Å²) in [6, 6.07) is 2.59. The van der Waals surface area contributed by atoms with E-state index in [0.29, 0.717) is 12.5 Å². The van der Waals surface area contributed by atoms with E-state index in [1.807, 2.05) is 6.92 Å². The predicted molar refractivity (Wildman–Crippen MR) is 67.3 cm³/mol. The number of nitrogens with zero attached hydrogens (tertiary/aromatic N) is 3. The highest BCUT2D eigenvalue weighted by Gasteiger charge is 2.35. The van der Waals surface area contributed by atoms with E-state index in [1.165, 1.54) is 6.42 Å². The summed E-state index contributed by atoms with van der Waals surface area (Å²) in [5, 5.41) is 9.11.